The Labute approximate surface area is 171 Å². The smallest absolute Gasteiger partial charge is 0.222 e. The van der Waals surface area contributed by atoms with Crippen molar-refractivity contribution in [3.63, 3.8) is 0 Å². The van der Waals surface area contributed by atoms with Crippen molar-refractivity contribution in [2.45, 2.75) is 58.8 Å². The molecule has 0 spiro atoms. The third-order valence-corrected chi connectivity index (χ3v) is 5.38. The number of nitrogens with one attached hydrogen (secondary N) is 1. The van der Waals surface area contributed by atoms with Crippen molar-refractivity contribution < 1.29 is 4.79 Å². The molecule has 0 aromatic rings. The average Bonchev–Trinajstić information content (AvgIpc) is 2.97. The monoisotopic (exact) mass is 464 g/mol. The molecule has 1 amide bonds. The predicted octanol–water partition coefficient (Wildman–Crippen LogP) is 3.34. The van der Waals surface area contributed by atoms with Crippen LogP contribution in [-0.4, -0.2) is 61.4 Å². The highest BCUT2D eigenvalue weighted by Gasteiger charge is 2.21. The third kappa shape index (κ3) is 7.71. The number of amides is 1. The van der Waals surface area contributed by atoms with Gasteiger partial charge in [-0.05, 0) is 44.4 Å². The maximum atomic E-state index is 11.6. The summed E-state index contributed by atoms with van der Waals surface area (Å²) in [5.41, 5.74) is 0. The Bertz CT molecular complexity index is 422. The lowest BCUT2D eigenvalue weighted by molar-refractivity contribution is -0.127. The first-order chi connectivity index (χ1) is 11.6. The zero-order valence-corrected chi connectivity index (χ0v) is 18.6. The Morgan fingerprint density at radius 1 is 1.32 bits per heavy atom. The highest BCUT2D eigenvalue weighted by molar-refractivity contribution is 14.0. The van der Waals surface area contributed by atoms with Crippen LogP contribution in [0, 0.1) is 11.8 Å². The maximum Gasteiger partial charge on any atom is 0.222 e. The molecule has 1 heterocycles. The molecule has 0 unspecified atom stereocenters. The lowest BCUT2D eigenvalue weighted by atomic mass is 9.83. The van der Waals surface area contributed by atoms with Gasteiger partial charge in [0.1, 0.15) is 0 Å². The number of rotatable bonds is 7. The molecule has 146 valence electrons. The van der Waals surface area contributed by atoms with Gasteiger partial charge in [0.2, 0.25) is 5.91 Å². The van der Waals surface area contributed by atoms with Crippen LogP contribution in [-0.2, 0) is 4.79 Å². The molecule has 5 nitrogen and oxygen atoms in total. The zero-order valence-electron chi connectivity index (χ0n) is 16.3. The first-order valence-corrected chi connectivity index (χ1v) is 9.87. The van der Waals surface area contributed by atoms with Crippen LogP contribution >= 0.6 is 24.0 Å². The summed E-state index contributed by atoms with van der Waals surface area (Å²) in [5, 5.41) is 3.41. The summed E-state index contributed by atoms with van der Waals surface area (Å²) in [6, 6.07) is 0. The van der Waals surface area contributed by atoms with E-state index < -0.39 is 0 Å². The molecule has 0 radical (unpaired) electrons. The minimum absolute atomic E-state index is 0. The summed E-state index contributed by atoms with van der Waals surface area (Å²) in [4.78, 5) is 20.7. The van der Waals surface area contributed by atoms with E-state index in [-0.39, 0.29) is 24.0 Å². The second-order valence-corrected chi connectivity index (χ2v) is 7.58. The summed E-state index contributed by atoms with van der Waals surface area (Å²) >= 11 is 0. The van der Waals surface area contributed by atoms with Gasteiger partial charge in [0, 0.05) is 46.2 Å². The van der Waals surface area contributed by atoms with E-state index in [1.54, 1.807) is 0 Å². The van der Waals surface area contributed by atoms with Crippen molar-refractivity contribution in [2.24, 2.45) is 16.8 Å². The van der Waals surface area contributed by atoms with Crippen LogP contribution in [0.4, 0.5) is 0 Å². The number of carbonyl (C=O) groups is 1. The van der Waals surface area contributed by atoms with Gasteiger partial charge in [-0.15, -0.1) is 24.0 Å². The SMILES string of the molecule is CCNC(=NCCCN1CCCC1=O)N(C)CC1CCC(C)CC1.I. The number of guanidine groups is 1. The third-order valence-electron chi connectivity index (χ3n) is 5.38. The first-order valence-electron chi connectivity index (χ1n) is 9.87. The van der Waals surface area contributed by atoms with E-state index in [4.69, 9.17) is 4.99 Å². The highest BCUT2D eigenvalue weighted by Crippen LogP contribution is 2.28. The Balaban J connectivity index is 0.00000312. The number of aliphatic imine (C=N–C) groups is 1. The van der Waals surface area contributed by atoms with Gasteiger partial charge < -0.3 is 15.1 Å². The Kier molecular flexibility index (Phi) is 10.8. The fourth-order valence-corrected chi connectivity index (χ4v) is 3.84. The van der Waals surface area contributed by atoms with E-state index in [0.29, 0.717) is 5.91 Å². The molecule has 2 rings (SSSR count). The van der Waals surface area contributed by atoms with Crippen LogP contribution in [0.2, 0.25) is 0 Å². The lowest BCUT2D eigenvalue weighted by Gasteiger charge is -2.31. The molecule has 1 aliphatic heterocycles. The number of hydrogen-bond acceptors (Lipinski definition) is 2. The average molecular weight is 464 g/mol. The van der Waals surface area contributed by atoms with Crippen molar-refractivity contribution in [1.82, 2.24) is 15.1 Å². The Morgan fingerprint density at radius 3 is 2.64 bits per heavy atom. The minimum Gasteiger partial charge on any atom is -0.357 e. The first kappa shape index (κ1) is 22.5. The molecule has 0 atom stereocenters. The van der Waals surface area contributed by atoms with Crippen LogP contribution in [0.1, 0.15) is 58.8 Å². The molecule has 0 bridgehead atoms. The molecule has 2 aliphatic rings. The van der Waals surface area contributed by atoms with Gasteiger partial charge in [-0.2, -0.15) is 0 Å². The summed E-state index contributed by atoms with van der Waals surface area (Å²) in [6.07, 6.45) is 8.15. The second kappa shape index (κ2) is 12.0. The molecule has 0 aromatic carbocycles. The van der Waals surface area contributed by atoms with Crippen molar-refractivity contribution in [2.75, 3.05) is 39.8 Å². The molecule has 1 saturated heterocycles. The van der Waals surface area contributed by atoms with Gasteiger partial charge in [-0.3, -0.25) is 9.79 Å². The van der Waals surface area contributed by atoms with Crippen LogP contribution < -0.4 is 5.32 Å². The topological polar surface area (TPSA) is 47.9 Å². The van der Waals surface area contributed by atoms with E-state index in [0.717, 1.165) is 69.8 Å². The van der Waals surface area contributed by atoms with Gasteiger partial charge >= 0.3 is 0 Å². The van der Waals surface area contributed by atoms with Crippen LogP contribution in [0.15, 0.2) is 4.99 Å². The summed E-state index contributed by atoms with van der Waals surface area (Å²) in [5.74, 6) is 3.04. The second-order valence-electron chi connectivity index (χ2n) is 7.58. The molecule has 1 N–H and O–H groups in total. The number of likely N-dealkylation sites (tertiary alicyclic amines) is 1. The predicted molar refractivity (Wildman–Crippen MR) is 116 cm³/mol. The quantitative estimate of drug-likeness (QED) is 0.272. The van der Waals surface area contributed by atoms with Crippen LogP contribution in [0.3, 0.4) is 0 Å². The number of carbonyl (C=O) groups excluding carboxylic acids is 1. The Hall–Kier alpha value is -0.530. The molecule has 1 saturated carbocycles. The van der Waals surface area contributed by atoms with Gasteiger partial charge in [0.25, 0.3) is 0 Å². The Morgan fingerprint density at radius 2 is 2.04 bits per heavy atom. The molecular weight excluding hydrogens is 427 g/mol. The number of nitrogens with zero attached hydrogens (tertiary/aromatic N) is 3. The fourth-order valence-electron chi connectivity index (χ4n) is 3.84. The standard InChI is InChI=1S/C19H36N4O.HI/c1-4-20-19(21-12-6-14-23-13-5-7-18(23)24)22(3)15-17-10-8-16(2)9-11-17;/h16-17H,4-15H2,1-3H3,(H,20,21);1H. The van der Waals surface area contributed by atoms with Crippen molar-refractivity contribution in [1.29, 1.82) is 0 Å². The van der Waals surface area contributed by atoms with Gasteiger partial charge in [-0.25, -0.2) is 0 Å². The molecule has 25 heavy (non-hydrogen) atoms. The lowest BCUT2D eigenvalue weighted by Crippen LogP contribution is -2.42. The van der Waals surface area contributed by atoms with E-state index in [2.05, 4.69) is 31.1 Å². The number of halogens is 1. The van der Waals surface area contributed by atoms with E-state index in [1.165, 1.54) is 25.7 Å². The maximum absolute atomic E-state index is 11.6. The fraction of sp³-hybridized carbons (Fsp3) is 0.895. The zero-order chi connectivity index (χ0) is 17.4. The van der Waals surface area contributed by atoms with Gasteiger partial charge in [-0.1, -0.05) is 19.8 Å². The van der Waals surface area contributed by atoms with Crippen molar-refractivity contribution in [3.8, 4) is 0 Å². The molecule has 0 aromatic heterocycles. The molecule has 2 fully saturated rings. The van der Waals surface area contributed by atoms with E-state index in [9.17, 15) is 4.79 Å². The summed E-state index contributed by atoms with van der Waals surface area (Å²) < 4.78 is 0. The highest BCUT2D eigenvalue weighted by atomic mass is 127. The van der Waals surface area contributed by atoms with E-state index in [1.807, 2.05) is 4.90 Å². The summed E-state index contributed by atoms with van der Waals surface area (Å²) in [6.45, 7) is 9.07. The van der Waals surface area contributed by atoms with Crippen molar-refractivity contribution in [3.05, 3.63) is 0 Å². The largest absolute Gasteiger partial charge is 0.357 e. The normalized spacial score (nSPS) is 24.2. The van der Waals surface area contributed by atoms with Gasteiger partial charge in [0.15, 0.2) is 5.96 Å². The van der Waals surface area contributed by atoms with Crippen molar-refractivity contribution >= 4 is 35.8 Å². The molecule has 1 aliphatic carbocycles. The number of hydrogen-bond donors (Lipinski definition) is 1. The van der Waals surface area contributed by atoms with Gasteiger partial charge in [0.05, 0.1) is 0 Å². The molecular formula is C19H37IN4O. The van der Waals surface area contributed by atoms with Crippen LogP contribution in [0.25, 0.3) is 0 Å². The minimum atomic E-state index is 0. The van der Waals surface area contributed by atoms with Crippen LogP contribution in [0.5, 0.6) is 0 Å². The summed E-state index contributed by atoms with van der Waals surface area (Å²) in [7, 11) is 2.16. The molecule has 6 heteroatoms. The van der Waals surface area contributed by atoms with E-state index >= 15 is 0 Å².